The zero-order valence-electron chi connectivity index (χ0n) is 16.3. The topological polar surface area (TPSA) is 0 Å². The summed E-state index contributed by atoms with van der Waals surface area (Å²) in [4.78, 5) is 0. The van der Waals surface area contributed by atoms with E-state index < -0.39 is 5.31 Å². The molecule has 0 aromatic heterocycles. The fraction of sp³-hybridized carbons (Fsp3) is 0.111. The number of halogens is 1. The van der Waals surface area contributed by atoms with Crippen LogP contribution in [0.5, 0.6) is 0 Å². The van der Waals surface area contributed by atoms with Crippen molar-refractivity contribution in [2.75, 3.05) is 0 Å². The molecule has 0 nitrogen and oxygen atoms in total. The minimum absolute atomic E-state index is 0.407. The standard InChI is InChI=1S/C27H24BrP/c28-29(23-13-4-1-5-14-23,24-15-6-2-7-16-24,25-17-8-3-9-18-25)27-21-20-22-12-10-11-19-26(22)27/h1-19,27H,20-21H2. The number of rotatable bonds is 4. The number of hydrogen-bond acceptors (Lipinski definition) is 0. The third kappa shape index (κ3) is 2.68. The van der Waals surface area contributed by atoms with Crippen LogP contribution in [0.3, 0.4) is 0 Å². The van der Waals surface area contributed by atoms with E-state index in [4.69, 9.17) is 0 Å². The summed E-state index contributed by atoms with van der Waals surface area (Å²) < 4.78 is 0. The van der Waals surface area contributed by atoms with E-state index in [0.717, 1.165) is 12.8 Å². The quantitative estimate of drug-likeness (QED) is 0.305. The Hall–Kier alpha value is -2.21. The molecule has 0 aliphatic heterocycles. The molecule has 5 rings (SSSR count). The molecule has 1 unspecified atom stereocenters. The molecular weight excluding hydrogens is 435 g/mol. The van der Waals surface area contributed by atoms with E-state index in [2.05, 4.69) is 131 Å². The fourth-order valence-electron chi connectivity index (χ4n) is 5.18. The maximum atomic E-state index is 4.64. The van der Waals surface area contributed by atoms with Crippen molar-refractivity contribution in [3.63, 3.8) is 0 Å². The molecular formula is C27H24BrP. The first-order valence-electron chi connectivity index (χ1n) is 10.2. The molecule has 1 atom stereocenters. The Kier molecular flexibility index (Phi) is 4.69. The first kappa shape index (κ1) is 18.8. The van der Waals surface area contributed by atoms with Crippen molar-refractivity contribution in [2.45, 2.75) is 18.5 Å². The molecule has 29 heavy (non-hydrogen) atoms. The molecule has 0 N–H and O–H groups in total. The first-order chi connectivity index (χ1) is 14.2. The van der Waals surface area contributed by atoms with E-state index in [1.54, 1.807) is 0 Å². The average Bonchev–Trinajstić information content (AvgIpc) is 3.26. The average molecular weight is 459 g/mol. The Bertz CT molecular complexity index is 1020. The molecule has 0 spiro atoms. The molecule has 1 aliphatic carbocycles. The second-order valence-electron chi connectivity index (χ2n) is 7.83. The molecule has 4 aromatic carbocycles. The maximum absolute atomic E-state index is 4.64. The van der Waals surface area contributed by atoms with Gasteiger partial charge in [0.05, 0.1) is 0 Å². The van der Waals surface area contributed by atoms with Gasteiger partial charge in [0.2, 0.25) is 0 Å². The van der Waals surface area contributed by atoms with Gasteiger partial charge in [-0.1, -0.05) is 0 Å². The minimum atomic E-state index is -2.95. The van der Waals surface area contributed by atoms with Gasteiger partial charge in [-0.2, -0.15) is 0 Å². The summed E-state index contributed by atoms with van der Waals surface area (Å²) in [5, 5.41) is 1.25. The summed E-state index contributed by atoms with van der Waals surface area (Å²) in [5.41, 5.74) is 3.40. The number of hydrogen-bond donors (Lipinski definition) is 0. The van der Waals surface area contributed by atoms with E-state index in [-0.39, 0.29) is 0 Å². The van der Waals surface area contributed by atoms with Gasteiger partial charge in [0.15, 0.2) is 0 Å². The third-order valence-electron chi connectivity index (χ3n) is 6.47. The van der Waals surface area contributed by atoms with Crippen LogP contribution in [0, 0.1) is 0 Å². The van der Waals surface area contributed by atoms with Gasteiger partial charge in [-0.25, -0.2) is 0 Å². The van der Waals surface area contributed by atoms with Gasteiger partial charge in [0, 0.05) is 0 Å². The fourth-order valence-corrected chi connectivity index (χ4v) is 14.2. The summed E-state index contributed by atoms with van der Waals surface area (Å²) in [5.74, 6) is 0. The second-order valence-corrected chi connectivity index (χ2v) is 16.6. The molecule has 0 radical (unpaired) electrons. The van der Waals surface area contributed by atoms with E-state index in [1.165, 1.54) is 27.0 Å². The molecule has 4 aromatic rings. The van der Waals surface area contributed by atoms with Crippen LogP contribution in [0.1, 0.15) is 23.2 Å². The van der Waals surface area contributed by atoms with Crippen molar-refractivity contribution >= 4 is 36.7 Å². The van der Waals surface area contributed by atoms with Crippen LogP contribution in [0.4, 0.5) is 0 Å². The monoisotopic (exact) mass is 458 g/mol. The number of aryl methyl sites for hydroxylation is 1. The molecule has 1 aliphatic rings. The van der Waals surface area contributed by atoms with Crippen LogP contribution in [-0.4, -0.2) is 0 Å². The summed E-state index contributed by atoms with van der Waals surface area (Å²) in [6.07, 6.45) is 2.29. The van der Waals surface area contributed by atoms with Gasteiger partial charge < -0.3 is 0 Å². The van der Waals surface area contributed by atoms with Crippen molar-refractivity contribution in [2.24, 2.45) is 0 Å². The van der Waals surface area contributed by atoms with Crippen LogP contribution in [0.15, 0.2) is 115 Å². The van der Waals surface area contributed by atoms with Crippen LogP contribution in [0.25, 0.3) is 0 Å². The first-order valence-corrected chi connectivity index (χ1v) is 14.5. The van der Waals surface area contributed by atoms with E-state index in [0.29, 0.717) is 5.66 Å². The van der Waals surface area contributed by atoms with Gasteiger partial charge in [0.1, 0.15) is 0 Å². The van der Waals surface area contributed by atoms with E-state index in [1.807, 2.05) is 0 Å². The molecule has 0 bridgehead atoms. The predicted octanol–water partition coefficient (Wildman–Crippen LogP) is 6.51. The zero-order valence-corrected chi connectivity index (χ0v) is 18.8. The van der Waals surface area contributed by atoms with E-state index in [9.17, 15) is 0 Å². The Morgan fingerprint density at radius 1 is 0.552 bits per heavy atom. The van der Waals surface area contributed by atoms with Crippen molar-refractivity contribution in [3.05, 3.63) is 126 Å². The molecule has 0 saturated heterocycles. The SMILES string of the molecule is BrP(c1ccccc1)(c1ccccc1)(c1ccccc1)C1CCc2ccccc21. The van der Waals surface area contributed by atoms with Gasteiger partial charge in [-0.05, 0) is 0 Å². The third-order valence-corrected chi connectivity index (χ3v) is 17.3. The Morgan fingerprint density at radius 3 is 1.45 bits per heavy atom. The molecule has 0 fully saturated rings. The Labute approximate surface area is 181 Å². The summed E-state index contributed by atoms with van der Waals surface area (Å²) in [6.45, 7) is 0. The predicted molar refractivity (Wildman–Crippen MR) is 132 cm³/mol. The molecule has 144 valence electrons. The van der Waals surface area contributed by atoms with Gasteiger partial charge in [-0.3, -0.25) is 0 Å². The van der Waals surface area contributed by atoms with Crippen molar-refractivity contribution < 1.29 is 0 Å². The summed E-state index contributed by atoms with van der Waals surface area (Å²) >= 11 is 4.64. The van der Waals surface area contributed by atoms with Gasteiger partial charge in [0.25, 0.3) is 0 Å². The van der Waals surface area contributed by atoms with E-state index >= 15 is 0 Å². The number of benzene rings is 4. The molecule has 0 heterocycles. The van der Waals surface area contributed by atoms with Gasteiger partial charge >= 0.3 is 182 Å². The summed E-state index contributed by atoms with van der Waals surface area (Å²) in [6, 6.07) is 42.5. The van der Waals surface area contributed by atoms with Crippen LogP contribution in [-0.2, 0) is 6.42 Å². The molecule has 0 saturated carbocycles. The van der Waals surface area contributed by atoms with Crippen LogP contribution in [0.2, 0.25) is 0 Å². The number of fused-ring (bicyclic) bond motifs is 1. The second kappa shape index (κ2) is 7.24. The molecule has 2 heteroatoms. The Morgan fingerprint density at radius 2 is 0.966 bits per heavy atom. The van der Waals surface area contributed by atoms with Gasteiger partial charge in [-0.15, -0.1) is 0 Å². The van der Waals surface area contributed by atoms with Crippen LogP contribution < -0.4 is 15.9 Å². The van der Waals surface area contributed by atoms with Crippen molar-refractivity contribution in [1.29, 1.82) is 0 Å². The van der Waals surface area contributed by atoms with Crippen molar-refractivity contribution in [3.8, 4) is 0 Å². The Balaban J connectivity index is 1.94. The normalized spacial score (nSPS) is 17.3. The van der Waals surface area contributed by atoms with Crippen LogP contribution >= 0.6 is 20.8 Å². The summed E-state index contributed by atoms with van der Waals surface area (Å²) in [7, 11) is 0. The molecule has 0 amide bonds. The zero-order chi connectivity index (χ0) is 19.8. The van der Waals surface area contributed by atoms with Crippen molar-refractivity contribution in [1.82, 2.24) is 0 Å².